The van der Waals surface area contributed by atoms with Crippen LogP contribution < -0.4 is 5.32 Å². The second-order valence-electron chi connectivity index (χ2n) is 5.94. The van der Waals surface area contributed by atoms with E-state index < -0.39 is 0 Å². The topological polar surface area (TPSA) is 34.0 Å². The van der Waals surface area contributed by atoms with Gasteiger partial charge in [0, 0.05) is 21.0 Å². The Morgan fingerprint density at radius 1 is 1.17 bits per heavy atom. The van der Waals surface area contributed by atoms with Crippen molar-refractivity contribution in [3.63, 3.8) is 0 Å². The van der Waals surface area contributed by atoms with Crippen molar-refractivity contribution in [1.29, 1.82) is 0 Å². The molecular weight excluding hydrogens is 399 g/mol. The molecule has 1 heterocycles. The maximum atomic E-state index is 12.4. The second-order valence-corrected chi connectivity index (χ2v) is 7.18. The van der Waals surface area contributed by atoms with Crippen LogP contribution in [0.25, 0.3) is 10.9 Å². The molecule has 0 radical (unpaired) electrons. The minimum absolute atomic E-state index is 0.00513. The largest absolute Gasteiger partial charge is 0.338 e. The molecule has 0 atom stereocenters. The molecule has 0 bridgehead atoms. The molecule has 3 nitrogen and oxygen atoms in total. The summed E-state index contributed by atoms with van der Waals surface area (Å²) >= 11 is 2.30. The number of para-hydroxylation sites is 1. The summed E-state index contributed by atoms with van der Waals surface area (Å²) in [6.45, 7) is 4.60. The van der Waals surface area contributed by atoms with Gasteiger partial charge in [0.2, 0.25) is 5.91 Å². The number of nitrogens with zero attached hydrogens (tertiary/aromatic N) is 1. The standard InChI is InChI=1S/C19H19IN2O/c1-13(2)16-11-15(20)7-8-17(16)21-19(23)12-22-10-9-14-5-3-4-6-18(14)22/h3-11,13H,12H2,1-2H3,(H,21,23). The summed E-state index contributed by atoms with van der Waals surface area (Å²) in [5.41, 5.74) is 3.15. The van der Waals surface area contributed by atoms with Gasteiger partial charge in [-0.2, -0.15) is 0 Å². The number of nitrogens with one attached hydrogen (secondary N) is 1. The fourth-order valence-electron chi connectivity index (χ4n) is 2.75. The van der Waals surface area contributed by atoms with Crippen LogP contribution in [-0.2, 0) is 11.3 Å². The van der Waals surface area contributed by atoms with Crippen molar-refractivity contribution < 1.29 is 4.79 Å². The zero-order chi connectivity index (χ0) is 16.4. The normalized spacial score (nSPS) is 11.1. The molecule has 0 aliphatic rings. The monoisotopic (exact) mass is 418 g/mol. The van der Waals surface area contributed by atoms with Gasteiger partial charge >= 0.3 is 0 Å². The molecule has 2 aromatic carbocycles. The van der Waals surface area contributed by atoms with Gasteiger partial charge in [-0.05, 0) is 69.8 Å². The van der Waals surface area contributed by atoms with Crippen molar-refractivity contribution in [2.75, 3.05) is 5.32 Å². The van der Waals surface area contributed by atoms with Gasteiger partial charge in [-0.1, -0.05) is 32.0 Å². The quantitative estimate of drug-likeness (QED) is 0.594. The average molecular weight is 418 g/mol. The lowest BCUT2D eigenvalue weighted by Crippen LogP contribution is -2.19. The number of rotatable bonds is 4. The number of anilines is 1. The Hall–Kier alpha value is -1.82. The number of halogens is 1. The Balaban J connectivity index is 1.80. The van der Waals surface area contributed by atoms with Crippen molar-refractivity contribution >= 4 is 45.1 Å². The number of hydrogen-bond donors (Lipinski definition) is 1. The summed E-state index contributed by atoms with van der Waals surface area (Å²) in [5, 5.41) is 4.21. The molecule has 0 spiro atoms. The first kappa shape index (κ1) is 16.1. The number of hydrogen-bond acceptors (Lipinski definition) is 1. The van der Waals surface area contributed by atoms with Gasteiger partial charge in [0.25, 0.3) is 0 Å². The second kappa shape index (κ2) is 6.74. The molecule has 4 heteroatoms. The van der Waals surface area contributed by atoms with Crippen LogP contribution >= 0.6 is 22.6 Å². The van der Waals surface area contributed by atoms with Crippen LogP contribution in [0.2, 0.25) is 0 Å². The van der Waals surface area contributed by atoms with Crippen LogP contribution in [0.15, 0.2) is 54.7 Å². The smallest absolute Gasteiger partial charge is 0.244 e. The maximum absolute atomic E-state index is 12.4. The van der Waals surface area contributed by atoms with Crippen LogP contribution in [0.3, 0.4) is 0 Å². The highest BCUT2D eigenvalue weighted by atomic mass is 127. The average Bonchev–Trinajstić information content (AvgIpc) is 2.92. The predicted molar refractivity (Wildman–Crippen MR) is 104 cm³/mol. The summed E-state index contributed by atoms with van der Waals surface area (Å²) in [5.74, 6) is 0.363. The van der Waals surface area contributed by atoms with Gasteiger partial charge < -0.3 is 9.88 Å². The van der Waals surface area contributed by atoms with Gasteiger partial charge in [0.05, 0.1) is 0 Å². The molecule has 0 fully saturated rings. The highest BCUT2D eigenvalue weighted by Crippen LogP contribution is 2.26. The summed E-state index contributed by atoms with van der Waals surface area (Å²) in [7, 11) is 0. The molecular formula is C19H19IN2O. The maximum Gasteiger partial charge on any atom is 0.244 e. The van der Waals surface area contributed by atoms with Crippen LogP contribution in [0.4, 0.5) is 5.69 Å². The highest BCUT2D eigenvalue weighted by Gasteiger charge is 2.11. The van der Waals surface area contributed by atoms with Crippen LogP contribution in [-0.4, -0.2) is 10.5 Å². The molecule has 3 aromatic rings. The van der Waals surface area contributed by atoms with Gasteiger partial charge in [-0.15, -0.1) is 0 Å². The van der Waals surface area contributed by atoms with Gasteiger partial charge in [-0.3, -0.25) is 4.79 Å². The van der Waals surface area contributed by atoms with Gasteiger partial charge in [0.1, 0.15) is 6.54 Å². The lowest BCUT2D eigenvalue weighted by molar-refractivity contribution is -0.116. The molecule has 1 amide bonds. The molecule has 23 heavy (non-hydrogen) atoms. The third-order valence-electron chi connectivity index (χ3n) is 3.90. The Kier molecular flexibility index (Phi) is 4.71. The van der Waals surface area contributed by atoms with E-state index in [1.54, 1.807) is 0 Å². The summed E-state index contributed by atoms with van der Waals surface area (Å²) < 4.78 is 3.16. The van der Waals surface area contributed by atoms with E-state index in [0.717, 1.165) is 16.6 Å². The van der Waals surface area contributed by atoms with E-state index in [2.05, 4.69) is 53.9 Å². The molecule has 1 aromatic heterocycles. The number of benzene rings is 2. The molecule has 0 unspecified atom stereocenters. The number of amides is 1. The first-order valence-corrected chi connectivity index (χ1v) is 8.75. The zero-order valence-corrected chi connectivity index (χ0v) is 15.4. The van der Waals surface area contributed by atoms with Crippen molar-refractivity contribution in [2.24, 2.45) is 0 Å². The molecule has 0 saturated heterocycles. The third-order valence-corrected chi connectivity index (χ3v) is 4.57. The van der Waals surface area contributed by atoms with Crippen LogP contribution in [0.1, 0.15) is 25.3 Å². The Morgan fingerprint density at radius 2 is 1.96 bits per heavy atom. The predicted octanol–water partition coefficient (Wildman–Crippen LogP) is 5.01. The third kappa shape index (κ3) is 3.58. The molecule has 118 valence electrons. The fourth-order valence-corrected chi connectivity index (χ4v) is 3.26. The lowest BCUT2D eigenvalue weighted by Gasteiger charge is -2.15. The van der Waals surface area contributed by atoms with Crippen molar-refractivity contribution in [3.8, 4) is 0 Å². The van der Waals surface area contributed by atoms with Gasteiger partial charge in [0.15, 0.2) is 0 Å². The first-order valence-electron chi connectivity index (χ1n) is 7.68. The van der Waals surface area contributed by atoms with Gasteiger partial charge in [-0.25, -0.2) is 0 Å². The number of aromatic nitrogens is 1. The number of carbonyl (C=O) groups is 1. The van der Waals surface area contributed by atoms with E-state index in [-0.39, 0.29) is 5.91 Å². The molecule has 0 saturated carbocycles. The number of carbonyl (C=O) groups excluding carboxylic acids is 1. The van der Waals surface area contributed by atoms with E-state index >= 15 is 0 Å². The van der Waals surface area contributed by atoms with Crippen molar-refractivity contribution in [2.45, 2.75) is 26.3 Å². The molecule has 3 rings (SSSR count). The first-order chi connectivity index (χ1) is 11.0. The molecule has 0 aliphatic carbocycles. The molecule has 1 N–H and O–H groups in total. The summed E-state index contributed by atoms with van der Waals surface area (Å²) in [6, 6.07) is 16.3. The van der Waals surface area contributed by atoms with E-state index in [4.69, 9.17) is 0 Å². The Morgan fingerprint density at radius 3 is 2.74 bits per heavy atom. The zero-order valence-electron chi connectivity index (χ0n) is 13.2. The minimum Gasteiger partial charge on any atom is -0.338 e. The fraction of sp³-hybridized carbons (Fsp3) is 0.211. The van der Waals surface area contributed by atoms with Crippen LogP contribution in [0.5, 0.6) is 0 Å². The van der Waals surface area contributed by atoms with E-state index in [0.29, 0.717) is 12.5 Å². The SMILES string of the molecule is CC(C)c1cc(I)ccc1NC(=O)Cn1ccc2ccccc21. The van der Waals surface area contributed by atoms with E-state index in [1.807, 2.05) is 47.2 Å². The summed E-state index contributed by atoms with van der Waals surface area (Å²) in [6.07, 6.45) is 1.96. The lowest BCUT2D eigenvalue weighted by atomic mass is 10.0. The Bertz CT molecular complexity index is 851. The highest BCUT2D eigenvalue weighted by molar-refractivity contribution is 14.1. The van der Waals surface area contributed by atoms with Crippen LogP contribution in [0, 0.1) is 3.57 Å². The summed E-state index contributed by atoms with van der Waals surface area (Å²) in [4.78, 5) is 12.4. The van der Waals surface area contributed by atoms with E-state index in [9.17, 15) is 4.79 Å². The van der Waals surface area contributed by atoms with Crippen molar-refractivity contribution in [1.82, 2.24) is 4.57 Å². The van der Waals surface area contributed by atoms with E-state index in [1.165, 1.54) is 9.13 Å². The molecule has 0 aliphatic heterocycles. The number of fused-ring (bicyclic) bond motifs is 1. The van der Waals surface area contributed by atoms with Crippen molar-refractivity contribution in [3.05, 3.63) is 63.9 Å². The Labute approximate surface area is 149 Å². The minimum atomic E-state index is -0.00513.